The molecule has 0 saturated heterocycles. The van der Waals surface area contributed by atoms with Crippen molar-refractivity contribution in [3.8, 4) is 5.69 Å². The fourth-order valence-corrected chi connectivity index (χ4v) is 4.17. The SMILES string of the molecule is O=C(Nc1cccc2c1CCCN2C(=O)c1ccc(=O)n(-c2ccccc2)n1)c1ccc(F)cc1. The summed E-state index contributed by atoms with van der Waals surface area (Å²) in [5.41, 5.74) is 2.81. The third-order valence-electron chi connectivity index (χ3n) is 5.87. The first-order valence-corrected chi connectivity index (χ1v) is 11.2. The molecule has 174 valence electrons. The van der Waals surface area contributed by atoms with Crippen LogP contribution in [0.4, 0.5) is 15.8 Å². The highest BCUT2D eigenvalue weighted by atomic mass is 19.1. The van der Waals surface area contributed by atoms with Crippen molar-refractivity contribution < 1.29 is 14.0 Å². The van der Waals surface area contributed by atoms with Crippen LogP contribution in [0.5, 0.6) is 0 Å². The quantitative estimate of drug-likeness (QED) is 0.486. The fraction of sp³-hybridized carbons (Fsp3) is 0.111. The van der Waals surface area contributed by atoms with E-state index in [0.29, 0.717) is 42.0 Å². The molecule has 0 unspecified atom stereocenters. The van der Waals surface area contributed by atoms with Gasteiger partial charge >= 0.3 is 0 Å². The van der Waals surface area contributed by atoms with Crippen molar-refractivity contribution in [2.24, 2.45) is 0 Å². The van der Waals surface area contributed by atoms with Crippen molar-refractivity contribution >= 4 is 23.2 Å². The number of hydrogen-bond acceptors (Lipinski definition) is 4. The number of amides is 2. The first-order chi connectivity index (χ1) is 17.0. The molecular weight excluding hydrogens is 447 g/mol. The number of hydrogen-bond donors (Lipinski definition) is 1. The van der Waals surface area contributed by atoms with Gasteiger partial charge in [0.1, 0.15) is 11.5 Å². The summed E-state index contributed by atoms with van der Waals surface area (Å²) in [6.07, 6.45) is 1.37. The topological polar surface area (TPSA) is 84.3 Å². The van der Waals surface area contributed by atoms with Gasteiger partial charge in [-0.05, 0) is 73.0 Å². The Kier molecular flexibility index (Phi) is 5.93. The van der Waals surface area contributed by atoms with E-state index in [0.717, 1.165) is 5.56 Å². The summed E-state index contributed by atoms with van der Waals surface area (Å²) in [4.78, 5) is 40.2. The van der Waals surface area contributed by atoms with Crippen molar-refractivity contribution in [2.75, 3.05) is 16.8 Å². The Balaban J connectivity index is 1.45. The molecule has 8 heteroatoms. The monoisotopic (exact) mass is 468 g/mol. The molecule has 0 bridgehead atoms. The van der Waals surface area contributed by atoms with E-state index in [1.54, 1.807) is 41.3 Å². The zero-order chi connectivity index (χ0) is 24.4. The molecule has 7 nitrogen and oxygen atoms in total. The Hall–Kier alpha value is -4.59. The average molecular weight is 468 g/mol. The van der Waals surface area contributed by atoms with E-state index in [-0.39, 0.29) is 23.1 Å². The van der Waals surface area contributed by atoms with Gasteiger partial charge in [0, 0.05) is 29.5 Å². The molecular formula is C27H21FN4O3. The zero-order valence-electron chi connectivity index (χ0n) is 18.6. The summed E-state index contributed by atoms with van der Waals surface area (Å²) >= 11 is 0. The second-order valence-electron chi connectivity index (χ2n) is 8.13. The van der Waals surface area contributed by atoms with Gasteiger partial charge in [-0.25, -0.2) is 4.39 Å². The first kappa shape index (κ1) is 22.2. The van der Waals surface area contributed by atoms with Crippen LogP contribution in [0.3, 0.4) is 0 Å². The van der Waals surface area contributed by atoms with Gasteiger partial charge in [0.15, 0.2) is 0 Å². The Morgan fingerprint density at radius 1 is 0.886 bits per heavy atom. The number of nitrogens with one attached hydrogen (secondary N) is 1. The van der Waals surface area contributed by atoms with Crippen LogP contribution < -0.4 is 15.8 Å². The molecule has 4 aromatic rings. The minimum absolute atomic E-state index is 0.141. The van der Waals surface area contributed by atoms with E-state index in [2.05, 4.69) is 10.4 Å². The van der Waals surface area contributed by atoms with E-state index in [1.807, 2.05) is 12.1 Å². The Bertz CT molecular complexity index is 1470. The number of aromatic nitrogens is 2. The van der Waals surface area contributed by atoms with Crippen LogP contribution in [0.1, 0.15) is 32.8 Å². The summed E-state index contributed by atoms with van der Waals surface area (Å²) in [6, 6.07) is 22.3. The average Bonchev–Trinajstić information content (AvgIpc) is 2.89. The molecule has 1 N–H and O–H groups in total. The minimum atomic E-state index is -0.417. The molecule has 0 saturated carbocycles. The number of para-hydroxylation sites is 1. The van der Waals surface area contributed by atoms with Crippen LogP contribution in [0.25, 0.3) is 5.69 Å². The minimum Gasteiger partial charge on any atom is -0.322 e. The Morgan fingerprint density at radius 3 is 2.43 bits per heavy atom. The van der Waals surface area contributed by atoms with E-state index >= 15 is 0 Å². The van der Waals surface area contributed by atoms with E-state index in [1.165, 1.54) is 41.1 Å². The maximum atomic E-state index is 13.5. The Morgan fingerprint density at radius 2 is 1.66 bits per heavy atom. The summed E-state index contributed by atoms with van der Waals surface area (Å²) in [7, 11) is 0. The molecule has 5 rings (SSSR count). The largest absolute Gasteiger partial charge is 0.322 e. The molecule has 0 radical (unpaired) electrons. The number of rotatable bonds is 4. The molecule has 0 atom stereocenters. The molecule has 1 aliphatic rings. The lowest BCUT2D eigenvalue weighted by molar-refractivity contribution is 0.0977. The highest BCUT2D eigenvalue weighted by Gasteiger charge is 2.27. The molecule has 2 amide bonds. The normalized spacial score (nSPS) is 12.7. The van der Waals surface area contributed by atoms with Crippen molar-refractivity contribution in [3.63, 3.8) is 0 Å². The van der Waals surface area contributed by atoms with Gasteiger partial charge in [-0.3, -0.25) is 14.4 Å². The molecule has 2 heterocycles. The van der Waals surface area contributed by atoms with Crippen LogP contribution in [0, 0.1) is 5.82 Å². The van der Waals surface area contributed by atoms with Crippen LogP contribution in [-0.4, -0.2) is 28.1 Å². The number of fused-ring (bicyclic) bond motifs is 1. The van der Waals surface area contributed by atoms with Crippen molar-refractivity contribution in [2.45, 2.75) is 12.8 Å². The second kappa shape index (κ2) is 9.34. The van der Waals surface area contributed by atoms with Crippen molar-refractivity contribution in [1.82, 2.24) is 9.78 Å². The molecule has 0 spiro atoms. The van der Waals surface area contributed by atoms with Gasteiger partial charge in [-0.1, -0.05) is 24.3 Å². The lowest BCUT2D eigenvalue weighted by Crippen LogP contribution is -2.37. The lowest BCUT2D eigenvalue weighted by atomic mass is 9.99. The molecule has 3 aromatic carbocycles. The number of carbonyl (C=O) groups is 2. The summed E-state index contributed by atoms with van der Waals surface area (Å²) in [5.74, 6) is -1.11. The van der Waals surface area contributed by atoms with Crippen LogP contribution >= 0.6 is 0 Å². The predicted molar refractivity (Wildman–Crippen MR) is 131 cm³/mol. The lowest BCUT2D eigenvalue weighted by Gasteiger charge is -2.30. The summed E-state index contributed by atoms with van der Waals surface area (Å²) in [5, 5.41) is 7.20. The van der Waals surface area contributed by atoms with E-state index < -0.39 is 5.82 Å². The molecule has 1 aromatic heterocycles. The maximum absolute atomic E-state index is 13.5. The molecule has 0 fully saturated rings. The third kappa shape index (κ3) is 4.46. The standard InChI is InChI=1S/C27H21FN4O3/c28-19-13-11-18(12-14-19)26(34)29-22-9-4-10-24-21(22)8-5-17-31(24)27(35)23-15-16-25(33)32(30-23)20-6-2-1-3-7-20/h1-4,6-7,9-16H,5,8,17H2,(H,29,34). The summed E-state index contributed by atoms with van der Waals surface area (Å²) in [6.45, 7) is 0.480. The smallest absolute Gasteiger partial charge is 0.278 e. The van der Waals surface area contributed by atoms with Crippen LogP contribution in [0.15, 0.2) is 89.7 Å². The molecule has 1 aliphatic heterocycles. The predicted octanol–water partition coefficient (Wildman–Crippen LogP) is 4.22. The summed E-state index contributed by atoms with van der Waals surface area (Å²) < 4.78 is 14.4. The van der Waals surface area contributed by atoms with Crippen LogP contribution in [-0.2, 0) is 6.42 Å². The Labute approximate surface area is 200 Å². The van der Waals surface area contributed by atoms with Crippen LogP contribution in [0.2, 0.25) is 0 Å². The highest BCUT2D eigenvalue weighted by molar-refractivity contribution is 6.08. The fourth-order valence-electron chi connectivity index (χ4n) is 4.17. The van der Waals surface area contributed by atoms with Crippen molar-refractivity contribution in [1.29, 1.82) is 0 Å². The van der Waals surface area contributed by atoms with Gasteiger partial charge in [0.25, 0.3) is 17.4 Å². The number of halogens is 1. The number of benzene rings is 3. The molecule has 0 aliphatic carbocycles. The van der Waals surface area contributed by atoms with Gasteiger partial charge in [0.2, 0.25) is 0 Å². The third-order valence-corrected chi connectivity index (χ3v) is 5.87. The van der Waals surface area contributed by atoms with E-state index in [9.17, 15) is 18.8 Å². The number of nitrogens with zero attached hydrogens (tertiary/aromatic N) is 3. The van der Waals surface area contributed by atoms with Gasteiger partial charge in [-0.15, -0.1) is 0 Å². The second-order valence-corrected chi connectivity index (χ2v) is 8.13. The highest BCUT2D eigenvalue weighted by Crippen LogP contribution is 2.34. The van der Waals surface area contributed by atoms with Gasteiger partial charge < -0.3 is 10.2 Å². The number of anilines is 2. The van der Waals surface area contributed by atoms with E-state index in [4.69, 9.17) is 0 Å². The maximum Gasteiger partial charge on any atom is 0.278 e. The van der Waals surface area contributed by atoms with Crippen molar-refractivity contribution in [3.05, 3.63) is 118 Å². The first-order valence-electron chi connectivity index (χ1n) is 11.2. The van der Waals surface area contributed by atoms with Gasteiger partial charge in [-0.2, -0.15) is 9.78 Å². The molecule has 35 heavy (non-hydrogen) atoms. The zero-order valence-corrected chi connectivity index (χ0v) is 18.6. The number of carbonyl (C=O) groups excluding carboxylic acids is 2. The van der Waals surface area contributed by atoms with Gasteiger partial charge in [0.05, 0.1) is 5.69 Å².